The van der Waals surface area contributed by atoms with Crippen LogP contribution in [-0.2, 0) is 0 Å². The van der Waals surface area contributed by atoms with E-state index in [4.69, 9.17) is 4.52 Å². The second-order valence-electron chi connectivity index (χ2n) is 3.86. The largest absolute Gasteiger partial charge is 0.508 e. The van der Waals surface area contributed by atoms with Gasteiger partial charge >= 0.3 is 0 Å². The summed E-state index contributed by atoms with van der Waals surface area (Å²) in [6.45, 7) is 1.82. The Bertz CT molecular complexity index is 673. The molecule has 0 saturated heterocycles. The number of aromatic hydroxyl groups is 1. The van der Waals surface area contributed by atoms with Crippen molar-refractivity contribution in [2.24, 2.45) is 0 Å². The second-order valence-corrected chi connectivity index (χ2v) is 3.86. The van der Waals surface area contributed by atoms with Crippen LogP contribution in [0, 0.1) is 6.92 Å². The number of aryl methyl sites for hydroxylation is 1. The lowest BCUT2D eigenvalue weighted by molar-refractivity contribution is 0.431. The highest BCUT2D eigenvalue weighted by atomic mass is 16.5. The van der Waals surface area contributed by atoms with Gasteiger partial charge in [0.15, 0.2) is 5.82 Å². The van der Waals surface area contributed by atoms with E-state index < -0.39 is 0 Å². The van der Waals surface area contributed by atoms with Crippen molar-refractivity contribution in [1.29, 1.82) is 0 Å². The molecule has 0 atom stereocenters. The molecule has 0 spiro atoms. The third-order valence-electron chi connectivity index (χ3n) is 2.59. The van der Waals surface area contributed by atoms with Gasteiger partial charge in [0, 0.05) is 18.0 Å². The Morgan fingerprint density at radius 1 is 1.33 bits per heavy atom. The highest BCUT2D eigenvalue weighted by Crippen LogP contribution is 2.25. The molecular weight excluding hydrogens is 232 g/mol. The molecule has 0 fully saturated rings. The zero-order valence-electron chi connectivity index (χ0n) is 9.58. The fourth-order valence-corrected chi connectivity index (χ4v) is 1.57. The molecule has 0 bridgehead atoms. The van der Waals surface area contributed by atoms with E-state index in [1.165, 1.54) is 0 Å². The Morgan fingerprint density at radius 3 is 2.94 bits per heavy atom. The maximum absolute atomic E-state index is 9.64. The Balaban J connectivity index is 2.00. The molecule has 2 heterocycles. The minimum atomic E-state index is 0.199. The number of phenolic OH excluding ortho intramolecular Hbond substituents is 1. The molecule has 90 valence electrons. The highest BCUT2D eigenvalue weighted by molar-refractivity contribution is 5.59. The van der Waals surface area contributed by atoms with Crippen LogP contribution in [-0.4, -0.2) is 25.2 Å². The van der Waals surface area contributed by atoms with Crippen molar-refractivity contribution in [2.45, 2.75) is 6.92 Å². The Hall–Kier alpha value is -2.63. The van der Waals surface area contributed by atoms with E-state index in [2.05, 4.69) is 20.1 Å². The average Bonchev–Trinajstić information content (AvgIpc) is 3.01. The number of benzene rings is 1. The minimum Gasteiger partial charge on any atom is -0.508 e. The summed E-state index contributed by atoms with van der Waals surface area (Å²) in [6.07, 6.45) is 3.30. The number of rotatable bonds is 2. The van der Waals surface area contributed by atoms with Gasteiger partial charge < -0.3 is 14.6 Å². The lowest BCUT2D eigenvalue weighted by Crippen LogP contribution is -1.83. The molecule has 0 aliphatic heterocycles. The first kappa shape index (κ1) is 10.5. The summed E-state index contributed by atoms with van der Waals surface area (Å²) < 4.78 is 5.14. The summed E-state index contributed by atoms with van der Waals surface area (Å²) in [5, 5.41) is 13.5. The van der Waals surface area contributed by atoms with Crippen LogP contribution < -0.4 is 0 Å². The van der Waals surface area contributed by atoms with Gasteiger partial charge in [0.05, 0.1) is 0 Å². The Morgan fingerprint density at radius 2 is 2.22 bits per heavy atom. The molecule has 2 N–H and O–H groups in total. The molecule has 0 aliphatic rings. The van der Waals surface area contributed by atoms with E-state index in [-0.39, 0.29) is 5.75 Å². The van der Waals surface area contributed by atoms with Gasteiger partial charge in [0.2, 0.25) is 5.82 Å². The van der Waals surface area contributed by atoms with E-state index in [9.17, 15) is 5.11 Å². The smallest absolute Gasteiger partial charge is 0.258 e. The van der Waals surface area contributed by atoms with Gasteiger partial charge in [-0.25, -0.2) is 4.98 Å². The lowest BCUT2D eigenvalue weighted by Gasteiger charge is -1.99. The first-order valence-corrected chi connectivity index (χ1v) is 5.37. The number of hydrogen-bond acceptors (Lipinski definition) is 5. The van der Waals surface area contributed by atoms with E-state index >= 15 is 0 Å². The van der Waals surface area contributed by atoms with Crippen molar-refractivity contribution in [2.75, 3.05) is 0 Å². The van der Waals surface area contributed by atoms with Crippen LogP contribution in [0.1, 0.15) is 5.56 Å². The van der Waals surface area contributed by atoms with Gasteiger partial charge in [-0.15, -0.1) is 0 Å². The molecule has 6 nitrogen and oxygen atoms in total. The number of phenols is 1. The van der Waals surface area contributed by atoms with Gasteiger partial charge in [-0.1, -0.05) is 11.2 Å². The van der Waals surface area contributed by atoms with Crippen LogP contribution in [0.3, 0.4) is 0 Å². The fourth-order valence-electron chi connectivity index (χ4n) is 1.57. The van der Waals surface area contributed by atoms with Crippen LogP contribution in [0.4, 0.5) is 0 Å². The van der Waals surface area contributed by atoms with Crippen LogP contribution in [0.25, 0.3) is 23.1 Å². The summed E-state index contributed by atoms with van der Waals surface area (Å²) in [5.74, 6) is 1.47. The third kappa shape index (κ3) is 1.73. The van der Waals surface area contributed by atoms with Crippen molar-refractivity contribution in [1.82, 2.24) is 20.1 Å². The van der Waals surface area contributed by atoms with Gasteiger partial charge in [-0.05, 0) is 24.6 Å². The summed E-state index contributed by atoms with van der Waals surface area (Å²) >= 11 is 0. The number of nitrogens with zero attached hydrogens (tertiary/aromatic N) is 3. The molecule has 3 aromatic rings. The van der Waals surface area contributed by atoms with E-state index in [0.29, 0.717) is 23.1 Å². The van der Waals surface area contributed by atoms with E-state index in [1.807, 2.05) is 13.0 Å². The zero-order chi connectivity index (χ0) is 12.5. The number of aromatic amines is 1. The first-order valence-electron chi connectivity index (χ1n) is 5.37. The minimum absolute atomic E-state index is 0.199. The summed E-state index contributed by atoms with van der Waals surface area (Å²) in [6, 6.07) is 5.20. The topological polar surface area (TPSA) is 87.8 Å². The number of aromatic nitrogens is 4. The molecule has 0 amide bonds. The van der Waals surface area contributed by atoms with Gasteiger partial charge in [-0.2, -0.15) is 4.98 Å². The fraction of sp³-hybridized carbons (Fsp3) is 0.0833. The molecule has 0 aliphatic carbocycles. The maximum Gasteiger partial charge on any atom is 0.258 e. The normalized spacial score (nSPS) is 10.7. The number of H-pyrrole nitrogens is 1. The predicted octanol–water partition coefficient (Wildman–Crippen LogP) is 2.14. The van der Waals surface area contributed by atoms with Gasteiger partial charge in [0.1, 0.15) is 5.75 Å². The molecule has 0 unspecified atom stereocenters. The lowest BCUT2D eigenvalue weighted by atomic mass is 10.1. The molecule has 0 radical (unpaired) electrons. The van der Waals surface area contributed by atoms with Crippen LogP contribution in [0.5, 0.6) is 5.75 Å². The molecule has 1 aromatic carbocycles. The van der Waals surface area contributed by atoms with Crippen LogP contribution in [0.2, 0.25) is 0 Å². The Labute approximate surface area is 102 Å². The summed E-state index contributed by atoms with van der Waals surface area (Å²) in [7, 11) is 0. The monoisotopic (exact) mass is 242 g/mol. The van der Waals surface area contributed by atoms with Crippen molar-refractivity contribution in [3.63, 3.8) is 0 Å². The predicted molar refractivity (Wildman–Crippen MR) is 63.7 cm³/mol. The second kappa shape index (κ2) is 3.99. The van der Waals surface area contributed by atoms with E-state index in [0.717, 1.165) is 5.56 Å². The average molecular weight is 242 g/mol. The SMILES string of the molecule is Cc1ccc(-c2nc(-c3ncc[nH]3)no2)cc1O. The first-order chi connectivity index (χ1) is 8.74. The quantitative estimate of drug-likeness (QED) is 0.718. The van der Waals surface area contributed by atoms with Gasteiger partial charge in [-0.3, -0.25) is 0 Å². The molecule has 6 heteroatoms. The number of hydrogen-bond donors (Lipinski definition) is 2. The maximum atomic E-state index is 9.64. The van der Waals surface area contributed by atoms with Crippen LogP contribution >= 0.6 is 0 Å². The molecule has 3 rings (SSSR count). The van der Waals surface area contributed by atoms with Crippen molar-refractivity contribution < 1.29 is 9.63 Å². The summed E-state index contributed by atoms with van der Waals surface area (Å²) in [4.78, 5) is 11.1. The van der Waals surface area contributed by atoms with Crippen molar-refractivity contribution >= 4 is 0 Å². The number of nitrogens with one attached hydrogen (secondary N) is 1. The third-order valence-corrected chi connectivity index (χ3v) is 2.59. The molecule has 0 saturated carbocycles. The number of imidazole rings is 1. The molecule has 2 aromatic heterocycles. The van der Waals surface area contributed by atoms with Crippen molar-refractivity contribution in [3.05, 3.63) is 36.2 Å². The Kier molecular flexibility index (Phi) is 2.33. The standard InChI is InChI=1S/C12H10N4O2/c1-7-2-3-8(6-9(7)17)12-15-11(16-18-12)10-13-4-5-14-10/h2-6,17H,1H3,(H,13,14). The zero-order valence-corrected chi connectivity index (χ0v) is 9.58. The molecular formula is C12H10N4O2. The van der Waals surface area contributed by atoms with E-state index in [1.54, 1.807) is 24.5 Å². The molecule has 18 heavy (non-hydrogen) atoms. The van der Waals surface area contributed by atoms with Crippen molar-refractivity contribution in [3.8, 4) is 28.9 Å². The summed E-state index contributed by atoms with van der Waals surface area (Å²) in [5.41, 5.74) is 1.47. The highest BCUT2D eigenvalue weighted by Gasteiger charge is 2.12. The van der Waals surface area contributed by atoms with Gasteiger partial charge in [0.25, 0.3) is 5.89 Å². The van der Waals surface area contributed by atoms with Crippen LogP contribution in [0.15, 0.2) is 35.1 Å².